The Kier molecular flexibility index (Phi) is 7.70. The Bertz CT molecular complexity index is 741. The van der Waals surface area contributed by atoms with Crippen molar-refractivity contribution in [2.45, 2.75) is 57.8 Å². The van der Waals surface area contributed by atoms with E-state index in [9.17, 15) is 0 Å². The smallest absolute Gasteiger partial charge is 0.0721 e. The first-order valence-electron chi connectivity index (χ1n) is 11.0. The standard InChI is InChI=1S/C25H37N3O/c1-20(2)25(27,22-9-4-3-5-10-22)14-7-15-28-16-12-24(13-17-28)29-19-21-8-6-11-23(26)18-21/h3-6,8-11,18,20,24H,7,12-17,19,26-27H2,1-2H3. The van der Waals surface area contributed by atoms with Gasteiger partial charge in [-0.05, 0) is 61.4 Å². The molecular weight excluding hydrogens is 358 g/mol. The molecule has 29 heavy (non-hydrogen) atoms. The highest BCUT2D eigenvalue weighted by atomic mass is 16.5. The number of piperidine rings is 1. The monoisotopic (exact) mass is 395 g/mol. The molecule has 4 heteroatoms. The van der Waals surface area contributed by atoms with Crippen LogP contribution in [0.2, 0.25) is 0 Å². The fourth-order valence-electron chi connectivity index (χ4n) is 4.31. The molecule has 0 aromatic heterocycles. The molecule has 0 spiro atoms. The SMILES string of the molecule is CC(C)C(N)(CCCN1CCC(OCc2cccc(N)c2)CC1)c1ccccc1. The molecule has 1 heterocycles. The van der Waals surface area contributed by atoms with Crippen LogP contribution >= 0.6 is 0 Å². The van der Waals surface area contributed by atoms with E-state index in [-0.39, 0.29) is 5.54 Å². The maximum atomic E-state index is 6.86. The van der Waals surface area contributed by atoms with Crippen LogP contribution in [-0.2, 0) is 16.9 Å². The van der Waals surface area contributed by atoms with E-state index in [4.69, 9.17) is 16.2 Å². The van der Waals surface area contributed by atoms with Gasteiger partial charge in [-0.3, -0.25) is 0 Å². The lowest BCUT2D eigenvalue weighted by Crippen LogP contribution is -2.43. The maximum absolute atomic E-state index is 6.86. The lowest BCUT2D eigenvalue weighted by Gasteiger charge is -2.36. The number of benzene rings is 2. The van der Waals surface area contributed by atoms with Gasteiger partial charge in [-0.25, -0.2) is 0 Å². The largest absolute Gasteiger partial charge is 0.399 e. The number of nitrogens with zero attached hydrogens (tertiary/aromatic N) is 1. The first kappa shape index (κ1) is 21.8. The molecule has 4 N–H and O–H groups in total. The highest BCUT2D eigenvalue weighted by molar-refractivity contribution is 5.40. The number of rotatable bonds is 9. The molecule has 1 unspecified atom stereocenters. The summed E-state index contributed by atoms with van der Waals surface area (Å²) in [7, 11) is 0. The summed E-state index contributed by atoms with van der Waals surface area (Å²) in [6.45, 7) is 8.43. The lowest BCUT2D eigenvalue weighted by atomic mass is 9.77. The van der Waals surface area contributed by atoms with Gasteiger partial charge < -0.3 is 21.1 Å². The molecule has 2 aromatic carbocycles. The zero-order valence-corrected chi connectivity index (χ0v) is 18.0. The van der Waals surface area contributed by atoms with Crippen molar-refractivity contribution in [2.24, 2.45) is 11.7 Å². The molecule has 1 fully saturated rings. The summed E-state index contributed by atoms with van der Waals surface area (Å²) < 4.78 is 6.12. The van der Waals surface area contributed by atoms with Gasteiger partial charge in [-0.2, -0.15) is 0 Å². The Hall–Kier alpha value is -1.88. The summed E-state index contributed by atoms with van der Waals surface area (Å²) >= 11 is 0. The number of ether oxygens (including phenoxy) is 1. The first-order valence-corrected chi connectivity index (χ1v) is 11.0. The third kappa shape index (κ3) is 6.05. The van der Waals surface area contributed by atoms with Crippen molar-refractivity contribution < 1.29 is 4.74 Å². The van der Waals surface area contributed by atoms with Crippen molar-refractivity contribution in [1.82, 2.24) is 4.90 Å². The van der Waals surface area contributed by atoms with Crippen molar-refractivity contribution in [3.63, 3.8) is 0 Å². The van der Waals surface area contributed by atoms with Crippen molar-refractivity contribution in [3.8, 4) is 0 Å². The van der Waals surface area contributed by atoms with E-state index in [1.165, 1.54) is 5.56 Å². The van der Waals surface area contributed by atoms with Gasteiger partial charge in [0.15, 0.2) is 0 Å². The molecule has 3 rings (SSSR count). The quantitative estimate of drug-likeness (QED) is 0.612. The van der Waals surface area contributed by atoms with Crippen molar-refractivity contribution in [2.75, 3.05) is 25.4 Å². The number of nitrogens with two attached hydrogens (primary N) is 2. The third-order valence-corrected chi connectivity index (χ3v) is 6.38. The van der Waals surface area contributed by atoms with Crippen LogP contribution in [0.5, 0.6) is 0 Å². The molecular formula is C25H37N3O. The van der Waals surface area contributed by atoms with Crippen LogP contribution in [0.3, 0.4) is 0 Å². The molecule has 0 saturated carbocycles. The van der Waals surface area contributed by atoms with Gasteiger partial charge in [0.25, 0.3) is 0 Å². The fourth-order valence-corrected chi connectivity index (χ4v) is 4.31. The number of nitrogen functional groups attached to an aromatic ring is 1. The topological polar surface area (TPSA) is 64.5 Å². The van der Waals surface area contributed by atoms with Crippen LogP contribution in [0.25, 0.3) is 0 Å². The second-order valence-electron chi connectivity index (χ2n) is 8.76. The Balaban J connectivity index is 1.40. The van der Waals surface area contributed by atoms with Crippen LogP contribution in [0.15, 0.2) is 54.6 Å². The fraction of sp³-hybridized carbons (Fsp3) is 0.520. The molecule has 0 aliphatic carbocycles. The van der Waals surface area contributed by atoms with Crippen LogP contribution in [-0.4, -0.2) is 30.6 Å². The second kappa shape index (κ2) is 10.2. The lowest BCUT2D eigenvalue weighted by molar-refractivity contribution is -0.00298. The summed E-state index contributed by atoms with van der Waals surface area (Å²) in [5, 5.41) is 0. The second-order valence-corrected chi connectivity index (χ2v) is 8.76. The average Bonchev–Trinajstić information content (AvgIpc) is 2.73. The van der Waals surface area contributed by atoms with Gasteiger partial charge in [0.2, 0.25) is 0 Å². The van der Waals surface area contributed by atoms with Crippen LogP contribution in [0.4, 0.5) is 5.69 Å². The van der Waals surface area contributed by atoms with Gasteiger partial charge >= 0.3 is 0 Å². The highest BCUT2D eigenvalue weighted by Crippen LogP contribution is 2.31. The van der Waals surface area contributed by atoms with Gasteiger partial charge in [0.05, 0.1) is 12.7 Å². The normalized spacial score (nSPS) is 18.1. The molecule has 2 aromatic rings. The minimum atomic E-state index is -0.250. The van der Waals surface area contributed by atoms with Crippen molar-refractivity contribution in [1.29, 1.82) is 0 Å². The van der Waals surface area contributed by atoms with E-state index in [1.54, 1.807) is 0 Å². The summed E-state index contributed by atoms with van der Waals surface area (Å²) in [6.07, 6.45) is 4.68. The Morgan fingerprint density at radius 1 is 1.07 bits per heavy atom. The van der Waals surface area contributed by atoms with Crippen LogP contribution in [0.1, 0.15) is 50.7 Å². The van der Waals surface area contributed by atoms with E-state index in [2.05, 4.69) is 55.1 Å². The van der Waals surface area contributed by atoms with Gasteiger partial charge in [-0.1, -0.05) is 56.3 Å². The summed E-state index contributed by atoms with van der Waals surface area (Å²) in [4.78, 5) is 2.56. The zero-order valence-electron chi connectivity index (χ0n) is 18.0. The third-order valence-electron chi connectivity index (χ3n) is 6.38. The van der Waals surface area contributed by atoms with E-state index >= 15 is 0 Å². The molecule has 1 saturated heterocycles. The first-order chi connectivity index (χ1) is 14.0. The zero-order chi connectivity index (χ0) is 20.7. The van der Waals surface area contributed by atoms with E-state index in [1.807, 2.05) is 18.2 Å². The molecule has 4 nitrogen and oxygen atoms in total. The van der Waals surface area contributed by atoms with Crippen LogP contribution < -0.4 is 11.5 Å². The number of anilines is 1. The van der Waals surface area contributed by atoms with E-state index < -0.39 is 0 Å². The summed E-state index contributed by atoms with van der Waals surface area (Å²) in [5.74, 6) is 0.413. The Labute approximate surface area is 176 Å². The van der Waals surface area contributed by atoms with Crippen LogP contribution in [0, 0.1) is 5.92 Å². The average molecular weight is 396 g/mol. The van der Waals surface area contributed by atoms with Crippen molar-refractivity contribution >= 4 is 5.69 Å². The molecule has 0 amide bonds. The minimum absolute atomic E-state index is 0.250. The molecule has 1 aliphatic heterocycles. The maximum Gasteiger partial charge on any atom is 0.0721 e. The van der Waals surface area contributed by atoms with Gasteiger partial charge in [0.1, 0.15) is 0 Å². The Morgan fingerprint density at radius 3 is 2.45 bits per heavy atom. The molecule has 0 bridgehead atoms. The minimum Gasteiger partial charge on any atom is -0.399 e. The molecule has 0 radical (unpaired) electrons. The molecule has 1 aliphatic rings. The van der Waals surface area contributed by atoms with E-state index in [0.29, 0.717) is 18.6 Å². The Morgan fingerprint density at radius 2 is 1.79 bits per heavy atom. The molecule has 1 atom stereocenters. The van der Waals surface area contributed by atoms with E-state index in [0.717, 1.165) is 56.6 Å². The summed E-state index contributed by atoms with van der Waals surface area (Å²) in [6, 6.07) is 18.6. The predicted molar refractivity (Wildman–Crippen MR) is 121 cm³/mol. The number of hydrogen-bond donors (Lipinski definition) is 2. The molecule has 158 valence electrons. The predicted octanol–water partition coefficient (Wildman–Crippen LogP) is 4.54. The summed E-state index contributed by atoms with van der Waals surface area (Å²) in [5.41, 5.74) is 15.7. The van der Waals surface area contributed by atoms with Gasteiger partial charge in [0, 0.05) is 24.3 Å². The number of hydrogen-bond acceptors (Lipinski definition) is 4. The number of likely N-dealkylation sites (tertiary alicyclic amines) is 1. The highest BCUT2D eigenvalue weighted by Gasteiger charge is 2.31. The van der Waals surface area contributed by atoms with Crippen molar-refractivity contribution in [3.05, 3.63) is 65.7 Å². The van der Waals surface area contributed by atoms with Gasteiger partial charge in [-0.15, -0.1) is 0 Å².